The van der Waals surface area contributed by atoms with Crippen molar-refractivity contribution in [2.24, 2.45) is 4.99 Å². The zero-order valence-electron chi connectivity index (χ0n) is 26.2. The van der Waals surface area contributed by atoms with Gasteiger partial charge in [0, 0.05) is 51.3 Å². The number of piperazine rings is 1. The van der Waals surface area contributed by atoms with Gasteiger partial charge in [0.15, 0.2) is 0 Å². The van der Waals surface area contributed by atoms with Crippen LogP contribution in [0.4, 0.5) is 0 Å². The maximum Gasteiger partial charge on any atom is 0.253 e. The highest BCUT2D eigenvalue weighted by molar-refractivity contribution is 7.89. The fraction of sp³-hybridized carbons (Fsp3) is 0.719. The molecule has 3 aliphatic rings. The van der Waals surface area contributed by atoms with E-state index in [0.29, 0.717) is 37.9 Å². The van der Waals surface area contributed by atoms with Crippen molar-refractivity contribution < 1.29 is 18.0 Å². The number of amides is 2. The largest absolute Gasteiger partial charge is 0.336 e. The van der Waals surface area contributed by atoms with E-state index in [4.69, 9.17) is 4.99 Å². The molecule has 1 N–H and O–H groups in total. The number of aliphatic imine (C=N–C) groups is 1. The number of nitrogens with zero attached hydrogens (tertiary/aromatic N) is 4. The minimum atomic E-state index is -3.50. The molecule has 2 amide bonds. The van der Waals surface area contributed by atoms with Crippen molar-refractivity contribution in [2.45, 2.75) is 96.9 Å². The Morgan fingerprint density at radius 1 is 0.905 bits per heavy atom. The number of likely N-dealkylation sites (N-methyl/N-ethyl adjacent to an activating group) is 1. The molecule has 42 heavy (non-hydrogen) atoms. The second-order valence-electron chi connectivity index (χ2n) is 12.6. The number of amidine groups is 1. The lowest BCUT2D eigenvalue weighted by Gasteiger charge is -2.34. The summed E-state index contributed by atoms with van der Waals surface area (Å²) in [5.41, 5.74) is 2.74. The normalized spacial score (nSPS) is 19.8. The minimum absolute atomic E-state index is 0.00635. The van der Waals surface area contributed by atoms with Gasteiger partial charge < -0.3 is 15.1 Å². The zero-order chi connectivity index (χ0) is 30.3. The molecule has 1 spiro atoms. The second kappa shape index (κ2) is 14.4. The number of nitrogens with one attached hydrogen (secondary N) is 1. The monoisotopic (exact) mass is 601 g/mol. The van der Waals surface area contributed by atoms with Crippen LogP contribution in [0.1, 0.15) is 98.2 Å². The molecule has 10 heteroatoms. The summed E-state index contributed by atoms with van der Waals surface area (Å²) in [6.45, 7) is 9.93. The summed E-state index contributed by atoms with van der Waals surface area (Å²) >= 11 is 0. The average molecular weight is 602 g/mol. The first-order valence-electron chi connectivity index (χ1n) is 16.0. The van der Waals surface area contributed by atoms with Crippen LogP contribution < -0.4 is 5.32 Å². The average Bonchev–Trinajstić information content (AvgIpc) is 3.26. The highest BCUT2D eigenvalue weighted by Crippen LogP contribution is 2.32. The number of hydrogen-bond acceptors (Lipinski definition) is 6. The standard InChI is InChI=1S/C32H51N5O4S/c1-5-6-7-8-9-10-11-12-29-33-31(39)32(34-29)14-16-37(17-15-32)42(40,41)22-13-28-25(2)23-27(24-26(28)3)30(38)36-20-18-35(4)19-21-36/h23-24H,5-22H2,1-4H3,(H,33,34,39). The first kappa shape index (κ1) is 32.6. The zero-order valence-corrected chi connectivity index (χ0v) is 27.0. The molecule has 0 atom stereocenters. The van der Waals surface area contributed by atoms with Gasteiger partial charge in [0.1, 0.15) is 11.4 Å². The molecule has 0 aliphatic carbocycles. The highest BCUT2D eigenvalue weighted by Gasteiger charge is 2.47. The third-order valence-electron chi connectivity index (χ3n) is 9.33. The summed E-state index contributed by atoms with van der Waals surface area (Å²) in [5.74, 6) is 0.743. The van der Waals surface area contributed by atoms with Crippen molar-refractivity contribution in [1.82, 2.24) is 19.4 Å². The van der Waals surface area contributed by atoms with E-state index >= 15 is 0 Å². The van der Waals surface area contributed by atoms with Crippen LogP contribution in [0, 0.1) is 13.8 Å². The van der Waals surface area contributed by atoms with Gasteiger partial charge in [0.2, 0.25) is 10.0 Å². The van der Waals surface area contributed by atoms with E-state index in [1.165, 1.54) is 36.4 Å². The van der Waals surface area contributed by atoms with Crippen molar-refractivity contribution in [1.29, 1.82) is 0 Å². The molecule has 3 heterocycles. The van der Waals surface area contributed by atoms with Crippen LogP contribution in [-0.4, -0.2) is 97.8 Å². The molecule has 4 rings (SSSR count). The molecule has 0 aromatic heterocycles. The van der Waals surface area contributed by atoms with E-state index < -0.39 is 15.6 Å². The van der Waals surface area contributed by atoms with E-state index in [9.17, 15) is 18.0 Å². The smallest absolute Gasteiger partial charge is 0.253 e. The molecule has 2 saturated heterocycles. The third-order valence-corrected chi connectivity index (χ3v) is 11.2. The summed E-state index contributed by atoms with van der Waals surface area (Å²) in [7, 11) is -1.43. The Morgan fingerprint density at radius 3 is 2.12 bits per heavy atom. The predicted octanol–water partition coefficient (Wildman–Crippen LogP) is 4.07. The first-order valence-corrected chi connectivity index (χ1v) is 17.6. The lowest BCUT2D eigenvalue weighted by Crippen LogP contribution is -2.50. The summed E-state index contributed by atoms with van der Waals surface area (Å²) in [6, 6.07) is 3.81. The third kappa shape index (κ3) is 7.99. The molecule has 0 saturated carbocycles. The fourth-order valence-corrected chi connectivity index (χ4v) is 7.95. The molecule has 1 aromatic carbocycles. The van der Waals surface area contributed by atoms with Crippen molar-refractivity contribution in [3.8, 4) is 0 Å². The van der Waals surface area contributed by atoms with Gasteiger partial charge in [-0.25, -0.2) is 12.7 Å². The lowest BCUT2D eigenvalue weighted by molar-refractivity contribution is -0.124. The number of rotatable bonds is 13. The van der Waals surface area contributed by atoms with Gasteiger partial charge >= 0.3 is 0 Å². The Morgan fingerprint density at radius 2 is 1.50 bits per heavy atom. The molecule has 0 unspecified atom stereocenters. The van der Waals surface area contributed by atoms with Crippen molar-refractivity contribution in [2.75, 3.05) is 52.1 Å². The number of benzene rings is 1. The Kier molecular flexibility index (Phi) is 11.2. The molecule has 0 radical (unpaired) electrons. The number of aryl methyl sites for hydroxylation is 2. The van der Waals surface area contributed by atoms with Gasteiger partial charge in [-0.3, -0.25) is 14.6 Å². The van der Waals surface area contributed by atoms with Gasteiger partial charge in [-0.2, -0.15) is 0 Å². The minimum Gasteiger partial charge on any atom is -0.336 e. The topological polar surface area (TPSA) is 102 Å². The van der Waals surface area contributed by atoms with E-state index in [1.54, 1.807) is 0 Å². The van der Waals surface area contributed by atoms with E-state index in [1.807, 2.05) is 30.9 Å². The summed E-state index contributed by atoms with van der Waals surface area (Å²) < 4.78 is 28.2. The number of carbonyl (C=O) groups excluding carboxylic acids is 2. The molecule has 9 nitrogen and oxygen atoms in total. The van der Waals surface area contributed by atoms with Crippen LogP contribution in [0.3, 0.4) is 0 Å². The molecule has 0 bridgehead atoms. The highest BCUT2D eigenvalue weighted by atomic mass is 32.2. The van der Waals surface area contributed by atoms with Crippen LogP contribution in [0.15, 0.2) is 17.1 Å². The quantitative estimate of drug-likeness (QED) is 0.344. The number of unbranched alkanes of at least 4 members (excludes halogenated alkanes) is 6. The molecule has 3 aliphatic heterocycles. The van der Waals surface area contributed by atoms with E-state index in [0.717, 1.165) is 68.0 Å². The van der Waals surface area contributed by atoms with Crippen molar-refractivity contribution in [3.63, 3.8) is 0 Å². The number of hydrogen-bond donors (Lipinski definition) is 1. The first-order chi connectivity index (χ1) is 20.0. The Labute approximate surface area is 253 Å². The van der Waals surface area contributed by atoms with Gasteiger partial charge in [-0.15, -0.1) is 0 Å². The molecule has 2 fully saturated rings. The molecular formula is C32H51N5O4S. The van der Waals surface area contributed by atoms with Crippen LogP contribution in [0.25, 0.3) is 0 Å². The van der Waals surface area contributed by atoms with Crippen LogP contribution in [0.5, 0.6) is 0 Å². The van der Waals surface area contributed by atoms with Crippen molar-refractivity contribution >= 4 is 27.7 Å². The van der Waals surface area contributed by atoms with E-state index in [-0.39, 0.29) is 17.6 Å². The lowest BCUT2D eigenvalue weighted by atomic mass is 9.89. The summed E-state index contributed by atoms with van der Waals surface area (Å²) in [5, 5.41) is 2.99. The number of sulfonamides is 1. The predicted molar refractivity (Wildman–Crippen MR) is 169 cm³/mol. The Balaban J connectivity index is 1.28. The molecule has 1 aromatic rings. The maximum absolute atomic E-state index is 13.3. The van der Waals surface area contributed by atoms with Crippen molar-refractivity contribution in [3.05, 3.63) is 34.4 Å². The second-order valence-corrected chi connectivity index (χ2v) is 14.7. The molecule has 234 valence electrons. The Bertz CT molecular complexity index is 1220. The number of piperidine rings is 1. The van der Waals surface area contributed by atoms with Crippen LogP contribution in [0.2, 0.25) is 0 Å². The van der Waals surface area contributed by atoms with Gasteiger partial charge in [0.05, 0.1) is 5.75 Å². The Hall–Kier alpha value is -2.30. The van der Waals surface area contributed by atoms with Gasteiger partial charge in [-0.05, 0) is 75.4 Å². The van der Waals surface area contributed by atoms with Crippen LogP contribution >= 0.6 is 0 Å². The molecular weight excluding hydrogens is 550 g/mol. The number of carbonyl (C=O) groups is 2. The van der Waals surface area contributed by atoms with Gasteiger partial charge in [-0.1, -0.05) is 45.4 Å². The summed E-state index contributed by atoms with van der Waals surface area (Å²) in [6.07, 6.45) is 10.5. The van der Waals surface area contributed by atoms with Gasteiger partial charge in [0.25, 0.3) is 11.8 Å². The fourth-order valence-electron chi connectivity index (χ4n) is 6.49. The van der Waals surface area contributed by atoms with E-state index in [2.05, 4.69) is 24.2 Å². The summed E-state index contributed by atoms with van der Waals surface area (Å²) in [4.78, 5) is 34.9. The maximum atomic E-state index is 13.3. The van der Waals surface area contributed by atoms with Crippen LogP contribution in [-0.2, 0) is 21.2 Å². The SMILES string of the molecule is CCCCCCCCCC1=NC2(CCN(S(=O)(=O)CCc3c(C)cc(C(=O)N4CCN(C)CC4)cc3C)CC2)C(=O)N1.